The average molecular weight is 449 g/mol. The normalized spacial score (nSPS) is 12.9. The van der Waals surface area contributed by atoms with Crippen LogP contribution in [0.1, 0.15) is 55.8 Å². The third kappa shape index (κ3) is 4.73. The number of aryl methyl sites for hydroxylation is 1. The Labute approximate surface area is 192 Å². The Hall–Kier alpha value is -3.05. The Morgan fingerprint density at radius 1 is 1.22 bits per heavy atom. The van der Waals surface area contributed by atoms with E-state index in [1.165, 1.54) is 11.8 Å². The molecule has 32 heavy (non-hydrogen) atoms. The Bertz CT molecular complexity index is 1110. The van der Waals surface area contributed by atoms with Crippen molar-refractivity contribution in [3.05, 3.63) is 53.5 Å². The van der Waals surface area contributed by atoms with Crippen LogP contribution in [0, 0.1) is 11.3 Å². The predicted molar refractivity (Wildman–Crippen MR) is 126 cm³/mol. The van der Waals surface area contributed by atoms with Gasteiger partial charge >= 0.3 is 0 Å². The van der Waals surface area contributed by atoms with Gasteiger partial charge in [0.25, 0.3) is 0 Å². The zero-order valence-electron chi connectivity index (χ0n) is 18.4. The molecule has 0 unspecified atom stereocenters. The zero-order chi connectivity index (χ0) is 22.3. The maximum atomic E-state index is 12.9. The number of thioether (sulfide) groups is 1. The summed E-state index contributed by atoms with van der Waals surface area (Å²) in [6, 6.07) is 12.3. The molecule has 1 aliphatic carbocycles. The van der Waals surface area contributed by atoms with E-state index < -0.39 is 0 Å². The maximum Gasteiger partial charge on any atom is 0.236 e. The van der Waals surface area contributed by atoms with E-state index in [1.807, 2.05) is 34.9 Å². The van der Waals surface area contributed by atoms with Crippen molar-refractivity contribution in [1.29, 1.82) is 5.26 Å². The van der Waals surface area contributed by atoms with Crippen molar-refractivity contribution in [2.75, 3.05) is 11.1 Å². The third-order valence-electron chi connectivity index (χ3n) is 5.77. The number of hydrogen-bond acceptors (Lipinski definition) is 5. The van der Waals surface area contributed by atoms with Crippen molar-refractivity contribution in [2.24, 2.45) is 0 Å². The molecular formula is C24H28N6OS. The van der Waals surface area contributed by atoms with E-state index in [-0.39, 0.29) is 11.7 Å². The molecule has 3 aromatic rings. The molecule has 8 heteroatoms. The molecule has 0 saturated heterocycles. The number of fused-ring (bicyclic) bond motifs is 1. The number of anilines is 1. The van der Waals surface area contributed by atoms with Gasteiger partial charge in [-0.3, -0.25) is 9.36 Å². The molecule has 0 radical (unpaired) electrons. The number of amides is 1. The molecule has 0 bridgehead atoms. The predicted octanol–water partition coefficient (Wildman–Crippen LogP) is 4.74. The Balaban J connectivity index is 1.54. The van der Waals surface area contributed by atoms with Crippen LogP contribution < -0.4 is 5.32 Å². The topological polar surface area (TPSA) is 88.5 Å². The molecule has 7 nitrogen and oxygen atoms in total. The molecule has 1 aromatic carbocycles. The molecular weight excluding hydrogens is 420 g/mol. The number of nitrogens with zero attached hydrogens (tertiary/aromatic N) is 5. The van der Waals surface area contributed by atoms with Gasteiger partial charge in [-0.05, 0) is 49.8 Å². The summed E-state index contributed by atoms with van der Waals surface area (Å²) in [6.07, 6.45) is 9.03. The van der Waals surface area contributed by atoms with Crippen LogP contribution in [0.15, 0.2) is 41.8 Å². The molecule has 4 rings (SSSR count). The zero-order valence-corrected chi connectivity index (χ0v) is 19.2. The minimum Gasteiger partial charge on any atom is -0.310 e. The molecule has 1 aliphatic rings. The molecule has 1 amide bonds. The molecule has 166 valence electrons. The van der Waals surface area contributed by atoms with Crippen LogP contribution in [-0.2, 0) is 24.2 Å². The number of nitrogens with one attached hydrogen (secondary N) is 1. The van der Waals surface area contributed by atoms with Gasteiger partial charge in [-0.15, -0.1) is 10.2 Å². The fourth-order valence-electron chi connectivity index (χ4n) is 4.24. The number of rotatable bonds is 9. The van der Waals surface area contributed by atoms with Crippen LogP contribution in [0.4, 0.5) is 5.82 Å². The third-order valence-corrected chi connectivity index (χ3v) is 6.75. The SMILES string of the molecule is CCCCCn1cnnc1SCC(=O)Nc1c(C#N)c2c(n1-c1ccccc1)CCCC2. The lowest BCUT2D eigenvalue weighted by Crippen LogP contribution is -2.18. The van der Waals surface area contributed by atoms with Crippen LogP contribution in [0.5, 0.6) is 0 Å². The number of aromatic nitrogens is 4. The van der Waals surface area contributed by atoms with Gasteiger partial charge < -0.3 is 9.88 Å². The second-order valence-electron chi connectivity index (χ2n) is 7.99. The van der Waals surface area contributed by atoms with E-state index in [0.29, 0.717) is 11.4 Å². The summed E-state index contributed by atoms with van der Waals surface area (Å²) in [5.41, 5.74) is 3.76. The van der Waals surface area contributed by atoms with Gasteiger partial charge in [0, 0.05) is 17.9 Å². The van der Waals surface area contributed by atoms with Crippen LogP contribution >= 0.6 is 11.8 Å². The van der Waals surface area contributed by atoms with Gasteiger partial charge in [0.05, 0.1) is 11.3 Å². The van der Waals surface area contributed by atoms with Crippen molar-refractivity contribution < 1.29 is 4.79 Å². The largest absolute Gasteiger partial charge is 0.310 e. The summed E-state index contributed by atoms with van der Waals surface area (Å²) in [5, 5.41) is 21.9. The minimum atomic E-state index is -0.151. The Morgan fingerprint density at radius 2 is 2.03 bits per heavy atom. The first-order chi connectivity index (χ1) is 15.7. The summed E-state index contributed by atoms with van der Waals surface area (Å²) >= 11 is 1.37. The van der Waals surface area contributed by atoms with E-state index in [1.54, 1.807) is 6.33 Å². The highest BCUT2D eigenvalue weighted by atomic mass is 32.2. The second kappa shape index (κ2) is 10.5. The highest BCUT2D eigenvalue weighted by Gasteiger charge is 2.26. The monoisotopic (exact) mass is 448 g/mol. The summed E-state index contributed by atoms with van der Waals surface area (Å²) in [4.78, 5) is 12.9. The minimum absolute atomic E-state index is 0.151. The lowest BCUT2D eigenvalue weighted by atomic mass is 9.95. The van der Waals surface area contributed by atoms with Crippen LogP contribution in [-0.4, -0.2) is 31.0 Å². The molecule has 0 saturated carbocycles. The van der Waals surface area contributed by atoms with Crippen molar-refractivity contribution in [1.82, 2.24) is 19.3 Å². The summed E-state index contributed by atoms with van der Waals surface area (Å²) < 4.78 is 4.06. The van der Waals surface area contributed by atoms with E-state index in [2.05, 4.69) is 33.1 Å². The molecule has 0 spiro atoms. The smallest absolute Gasteiger partial charge is 0.236 e. The van der Waals surface area contributed by atoms with Gasteiger partial charge in [0.1, 0.15) is 18.2 Å². The van der Waals surface area contributed by atoms with Crippen LogP contribution in [0.2, 0.25) is 0 Å². The second-order valence-corrected chi connectivity index (χ2v) is 8.93. The Morgan fingerprint density at radius 3 is 2.81 bits per heavy atom. The lowest BCUT2D eigenvalue weighted by Gasteiger charge is -2.17. The van der Waals surface area contributed by atoms with Gasteiger partial charge in [-0.2, -0.15) is 5.26 Å². The van der Waals surface area contributed by atoms with Gasteiger partial charge in [-0.25, -0.2) is 0 Å². The number of hydrogen-bond donors (Lipinski definition) is 1. The molecule has 0 atom stereocenters. The molecule has 2 heterocycles. The number of para-hydroxylation sites is 1. The quantitative estimate of drug-likeness (QED) is 0.377. The first kappa shape index (κ1) is 22.2. The van der Waals surface area contributed by atoms with Crippen molar-refractivity contribution >= 4 is 23.5 Å². The van der Waals surface area contributed by atoms with Crippen LogP contribution in [0.3, 0.4) is 0 Å². The lowest BCUT2D eigenvalue weighted by molar-refractivity contribution is -0.113. The maximum absolute atomic E-state index is 12.9. The fourth-order valence-corrected chi connectivity index (χ4v) is 4.98. The van der Waals surface area contributed by atoms with Crippen molar-refractivity contribution in [3.63, 3.8) is 0 Å². The molecule has 2 aromatic heterocycles. The van der Waals surface area contributed by atoms with E-state index in [9.17, 15) is 10.1 Å². The summed E-state index contributed by atoms with van der Waals surface area (Å²) in [5.74, 6) is 0.643. The van der Waals surface area contributed by atoms with Crippen molar-refractivity contribution in [3.8, 4) is 11.8 Å². The van der Waals surface area contributed by atoms with Crippen molar-refractivity contribution in [2.45, 2.75) is 63.6 Å². The van der Waals surface area contributed by atoms with Crippen LogP contribution in [0.25, 0.3) is 5.69 Å². The van der Waals surface area contributed by atoms with E-state index in [4.69, 9.17) is 0 Å². The van der Waals surface area contributed by atoms with Gasteiger partial charge in [-0.1, -0.05) is 49.7 Å². The van der Waals surface area contributed by atoms with E-state index >= 15 is 0 Å². The molecule has 0 aliphatic heterocycles. The van der Waals surface area contributed by atoms with Gasteiger partial charge in [0.15, 0.2) is 5.16 Å². The highest BCUT2D eigenvalue weighted by Crippen LogP contribution is 2.35. The summed E-state index contributed by atoms with van der Waals surface area (Å²) in [7, 11) is 0. The van der Waals surface area contributed by atoms with Gasteiger partial charge in [0.2, 0.25) is 5.91 Å². The number of carbonyl (C=O) groups is 1. The Kier molecular flexibility index (Phi) is 7.28. The number of carbonyl (C=O) groups excluding carboxylic acids is 1. The molecule has 0 fully saturated rings. The number of benzene rings is 1. The fraction of sp³-hybridized carbons (Fsp3) is 0.417. The first-order valence-corrected chi connectivity index (χ1v) is 12.2. The van der Waals surface area contributed by atoms with E-state index in [0.717, 1.165) is 73.6 Å². The number of unbranched alkanes of at least 4 members (excludes halogenated alkanes) is 2. The summed E-state index contributed by atoms with van der Waals surface area (Å²) in [6.45, 7) is 3.03. The highest BCUT2D eigenvalue weighted by molar-refractivity contribution is 7.99. The average Bonchev–Trinajstić information content (AvgIpc) is 3.40. The first-order valence-electron chi connectivity index (χ1n) is 11.2. The number of nitriles is 1. The standard InChI is InChI=1S/C24H28N6OS/c1-2-3-9-14-29-17-26-28-24(29)32-16-22(31)27-23-20(15-25)19-12-7-8-13-21(19)30(23)18-10-5-4-6-11-18/h4-6,10-11,17H,2-3,7-9,12-14,16H2,1H3,(H,27,31). The molecule has 1 N–H and O–H groups in total.